The summed E-state index contributed by atoms with van der Waals surface area (Å²) in [5.41, 5.74) is 1.62. The van der Waals surface area contributed by atoms with Gasteiger partial charge in [0.15, 0.2) is 0 Å². The average Bonchev–Trinajstić information content (AvgIpc) is 2.34. The molecule has 2 aromatic rings. The van der Waals surface area contributed by atoms with Crippen LogP contribution in [0.3, 0.4) is 0 Å². The van der Waals surface area contributed by atoms with Crippen LogP contribution in [0.4, 0.5) is 5.69 Å². The van der Waals surface area contributed by atoms with Gasteiger partial charge in [0.25, 0.3) is 0 Å². The first-order valence-electron chi connectivity index (χ1n) is 5.67. The molecule has 0 atom stereocenters. The van der Waals surface area contributed by atoms with Gasteiger partial charge in [-0.3, -0.25) is 10.1 Å². The number of hydrogen-bond donors (Lipinski definition) is 0. The molecule has 19 heavy (non-hydrogen) atoms. The number of para-hydroxylation sites is 1. The zero-order chi connectivity index (χ0) is 14.0. The minimum atomic E-state index is -0.434. The van der Waals surface area contributed by atoms with E-state index in [1.54, 1.807) is 25.1 Å². The standard InChI is InChI=1S/C14H12BrNO3/c1-9-4-3-5-12(16(17)18)14(9)19-13-7-6-11(15)8-10(13)2/h3-8H,1-2H3. The maximum Gasteiger partial charge on any atom is 0.311 e. The van der Waals surface area contributed by atoms with Crippen molar-refractivity contribution in [2.24, 2.45) is 0 Å². The van der Waals surface area contributed by atoms with E-state index in [2.05, 4.69) is 15.9 Å². The Morgan fingerprint density at radius 2 is 1.89 bits per heavy atom. The Morgan fingerprint density at radius 1 is 1.16 bits per heavy atom. The Labute approximate surface area is 119 Å². The summed E-state index contributed by atoms with van der Waals surface area (Å²) in [6, 6.07) is 10.4. The van der Waals surface area contributed by atoms with Gasteiger partial charge in [-0.2, -0.15) is 0 Å². The molecule has 2 rings (SSSR count). The summed E-state index contributed by atoms with van der Waals surface area (Å²) in [6.45, 7) is 3.68. The SMILES string of the molecule is Cc1cc(Br)ccc1Oc1c(C)cccc1[N+](=O)[O-]. The summed E-state index contributed by atoms with van der Waals surface area (Å²) in [4.78, 5) is 10.6. The number of nitro groups is 1. The van der Waals surface area contributed by atoms with E-state index >= 15 is 0 Å². The molecule has 0 bridgehead atoms. The second-order valence-electron chi connectivity index (χ2n) is 4.19. The first-order valence-corrected chi connectivity index (χ1v) is 6.46. The molecule has 4 nitrogen and oxygen atoms in total. The number of nitrogens with zero attached hydrogens (tertiary/aromatic N) is 1. The van der Waals surface area contributed by atoms with E-state index in [4.69, 9.17) is 4.74 Å². The van der Waals surface area contributed by atoms with Crippen molar-refractivity contribution in [3.8, 4) is 11.5 Å². The molecule has 5 heteroatoms. The highest BCUT2D eigenvalue weighted by Gasteiger charge is 2.18. The summed E-state index contributed by atoms with van der Waals surface area (Å²) in [5.74, 6) is 0.901. The zero-order valence-electron chi connectivity index (χ0n) is 10.5. The molecule has 0 aliphatic rings. The third kappa shape index (κ3) is 2.93. The highest BCUT2D eigenvalue weighted by molar-refractivity contribution is 9.10. The average molecular weight is 322 g/mol. The first kappa shape index (κ1) is 13.5. The van der Waals surface area contributed by atoms with Gasteiger partial charge in [-0.05, 0) is 43.2 Å². The van der Waals surface area contributed by atoms with E-state index in [1.165, 1.54) is 6.07 Å². The fraction of sp³-hybridized carbons (Fsp3) is 0.143. The van der Waals surface area contributed by atoms with Gasteiger partial charge in [0.1, 0.15) is 5.75 Å². The molecule has 0 saturated carbocycles. The predicted molar refractivity (Wildman–Crippen MR) is 76.8 cm³/mol. The first-order chi connectivity index (χ1) is 8.99. The van der Waals surface area contributed by atoms with Crippen LogP contribution in [0.25, 0.3) is 0 Å². The van der Waals surface area contributed by atoms with Gasteiger partial charge in [-0.15, -0.1) is 0 Å². The quantitative estimate of drug-likeness (QED) is 0.604. The summed E-state index contributed by atoms with van der Waals surface area (Å²) in [5, 5.41) is 11.0. The van der Waals surface area contributed by atoms with Gasteiger partial charge >= 0.3 is 5.69 Å². The van der Waals surface area contributed by atoms with Gasteiger partial charge in [0.05, 0.1) is 4.92 Å². The van der Waals surface area contributed by atoms with E-state index in [1.807, 2.05) is 19.1 Å². The topological polar surface area (TPSA) is 52.4 Å². The van der Waals surface area contributed by atoms with Crippen LogP contribution in [-0.2, 0) is 0 Å². The number of halogens is 1. The van der Waals surface area contributed by atoms with Gasteiger partial charge in [-0.1, -0.05) is 28.1 Å². The lowest BCUT2D eigenvalue weighted by molar-refractivity contribution is -0.385. The fourth-order valence-corrected chi connectivity index (χ4v) is 2.23. The number of hydrogen-bond acceptors (Lipinski definition) is 3. The minimum absolute atomic E-state index is 0.0256. The maximum absolute atomic E-state index is 11.0. The van der Waals surface area contributed by atoms with E-state index in [9.17, 15) is 10.1 Å². The van der Waals surface area contributed by atoms with Crippen molar-refractivity contribution in [1.29, 1.82) is 0 Å². The largest absolute Gasteiger partial charge is 0.450 e. The molecule has 0 heterocycles. The monoisotopic (exact) mass is 321 g/mol. The lowest BCUT2D eigenvalue weighted by atomic mass is 10.2. The maximum atomic E-state index is 11.0. The van der Waals surface area contributed by atoms with Crippen molar-refractivity contribution in [1.82, 2.24) is 0 Å². The van der Waals surface area contributed by atoms with Crippen LogP contribution < -0.4 is 4.74 Å². The second-order valence-corrected chi connectivity index (χ2v) is 5.11. The summed E-state index contributed by atoms with van der Waals surface area (Å²) >= 11 is 3.37. The van der Waals surface area contributed by atoms with Gasteiger partial charge < -0.3 is 4.74 Å². The van der Waals surface area contributed by atoms with Crippen LogP contribution in [0, 0.1) is 24.0 Å². The smallest absolute Gasteiger partial charge is 0.311 e. The van der Waals surface area contributed by atoms with Crippen molar-refractivity contribution in [3.63, 3.8) is 0 Å². The number of aryl methyl sites for hydroxylation is 2. The zero-order valence-corrected chi connectivity index (χ0v) is 12.1. The van der Waals surface area contributed by atoms with Crippen LogP contribution in [0.15, 0.2) is 40.9 Å². The number of nitro benzene ring substituents is 1. The fourth-order valence-electron chi connectivity index (χ4n) is 1.75. The Balaban J connectivity index is 2.46. The Morgan fingerprint density at radius 3 is 2.53 bits per heavy atom. The van der Waals surface area contributed by atoms with Crippen LogP contribution in [-0.4, -0.2) is 4.92 Å². The molecular formula is C14H12BrNO3. The molecular weight excluding hydrogens is 310 g/mol. The van der Waals surface area contributed by atoms with E-state index in [-0.39, 0.29) is 11.4 Å². The molecule has 0 aliphatic carbocycles. The van der Waals surface area contributed by atoms with Gasteiger partial charge in [-0.25, -0.2) is 0 Å². The van der Waals surface area contributed by atoms with Gasteiger partial charge in [0.2, 0.25) is 5.75 Å². The Hall–Kier alpha value is -1.88. The Bertz CT molecular complexity index is 641. The second kappa shape index (κ2) is 5.40. The lowest BCUT2D eigenvalue weighted by Gasteiger charge is -2.11. The predicted octanol–water partition coefficient (Wildman–Crippen LogP) is 4.77. The molecule has 0 aliphatic heterocycles. The van der Waals surface area contributed by atoms with Crippen LogP contribution in [0.2, 0.25) is 0 Å². The summed E-state index contributed by atoms with van der Waals surface area (Å²) in [6.07, 6.45) is 0. The minimum Gasteiger partial charge on any atom is -0.450 e. The van der Waals surface area contributed by atoms with E-state index in [0.29, 0.717) is 5.75 Å². The van der Waals surface area contributed by atoms with E-state index < -0.39 is 4.92 Å². The van der Waals surface area contributed by atoms with Crippen molar-refractivity contribution in [3.05, 3.63) is 62.1 Å². The third-order valence-electron chi connectivity index (χ3n) is 2.74. The summed E-state index contributed by atoms with van der Waals surface area (Å²) in [7, 11) is 0. The van der Waals surface area contributed by atoms with Crippen molar-refractivity contribution < 1.29 is 9.66 Å². The van der Waals surface area contributed by atoms with Crippen molar-refractivity contribution >= 4 is 21.6 Å². The van der Waals surface area contributed by atoms with E-state index in [0.717, 1.165) is 15.6 Å². The van der Waals surface area contributed by atoms with Crippen molar-refractivity contribution in [2.75, 3.05) is 0 Å². The number of benzene rings is 2. The molecule has 0 fully saturated rings. The van der Waals surface area contributed by atoms with Crippen LogP contribution in [0.1, 0.15) is 11.1 Å². The molecule has 0 radical (unpaired) electrons. The molecule has 0 aromatic heterocycles. The highest BCUT2D eigenvalue weighted by Crippen LogP contribution is 2.36. The van der Waals surface area contributed by atoms with Gasteiger partial charge in [0, 0.05) is 10.5 Å². The summed E-state index contributed by atoms with van der Waals surface area (Å²) < 4.78 is 6.67. The Kier molecular flexibility index (Phi) is 3.85. The number of rotatable bonds is 3. The van der Waals surface area contributed by atoms with Crippen LogP contribution >= 0.6 is 15.9 Å². The molecule has 0 saturated heterocycles. The van der Waals surface area contributed by atoms with Crippen molar-refractivity contribution in [2.45, 2.75) is 13.8 Å². The molecule has 0 N–H and O–H groups in total. The third-order valence-corrected chi connectivity index (χ3v) is 3.23. The lowest BCUT2D eigenvalue weighted by Crippen LogP contribution is -1.96. The molecule has 98 valence electrons. The molecule has 2 aromatic carbocycles. The molecule has 0 unspecified atom stereocenters. The molecule has 0 amide bonds. The molecule has 0 spiro atoms. The van der Waals surface area contributed by atoms with Crippen LogP contribution in [0.5, 0.6) is 11.5 Å². The number of ether oxygens (including phenoxy) is 1. The normalized spacial score (nSPS) is 10.3. The highest BCUT2D eigenvalue weighted by atomic mass is 79.9.